The summed E-state index contributed by atoms with van der Waals surface area (Å²) in [6, 6.07) is 20.2. The Morgan fingerprint density at radius 3 is 2.52 bits per heavy atom. The van der Waals surface area contributed by atoms with Gasteiger partial charge in [-0.3, -0.25) is 28.9 Å². The van der Waals surface area contributed by atoms with E-state index in [-0.39, 0.29) is 11.5 Å². The smallest absolute Gasteiger partial charge is 0.323 e. The first-order valence-corrected chi connectivity index (χ1v) is 14.0. The summed E-state index contributed by atoms with van der Waals surface area (Å²) in [5.41, 5.74) is 1.13. The number of carbonyl (C=O) groups is 4. The van der Waals surface area contributed by atoms with Crippen molar-refractivity contribution in [2.45, 2.75) is 16.2 Å². The van der Waals surface area contributed by atoms with Crippen molar-refractivity contribution in [2.75, 3.05) is 18.5 Å². The summed E-state index contributed by atoms with van der Waals surface area (Å²) in [4.78, 5) is 66.6. The number of aliphatic carboxylic acids is 1. The molecular formula is C28H21N3O7S2. The van der Waals surface area contributed by atoms with Crippen LogP contribution in [0.5, 0.6) is 5.75 Å². The number of fused-ring (bicyclic) bond motifs is 3. The number of carboxylic acids is 1. The quantitative estimate of drug-likeness (QED) is 0.285. The predicted octanol–water partition coefficient (Wildman–Crippen LogP) is 3.28. The van der Waals surface area contributed by atoms with Crippen molar-refractivity contribution in [1.29, 1.82) is 0 Å². The molecule has 12 heteroatoms. The molecule has 1 fully saturated rings. The molecule has 3 aromatic carbocycles. The Balaban J connectivity index is 1.28. The average Bonchev–Trinajstić information content (AvgIpc) is 3.42. The van der Waals surface area contributed by atoms with Crippen LogP contribution in [0.25, 0.3) is 10.8 Å². The molecule has 1 aromatic heterocycles. The second-order valence-corrected chi connectivity index (χ2v) is 11.5. The van der Waals surface area contributed by atoms with Gasteiger partial charge in [0.1, 0.15) is 17.5 Å². The van der Waals surface area contributed by atoms with Gasteiger partial charge in [-0.1, -0.05) is 71.6 Å². The number of para-hydroxylation sites is 1. The minimum atomic E-state index is -1.30. The van der Waals surface area contributed by atoms with Crippen LogP contribution in [0.2, 0.25) is 0 Å². The second-order valence-electron chi connectivity index (χ2n) is 9.34. The minimum Gasteiger partial charge on any atom is -0.483 e. The Hall–Kier alpha value is -4.42. The third-order valence-electron chi connectivity index (χ3n) is 6.85. The van der Waals surface area contributed by atoms with E-state index in [1.807, 2.05) is 36.4 Å². The number of thiazole rings is 1. The lowest BCUT2D eigenvalue weighted by molar-refractivity contribution is -0.149. The maximum atomic E-state index is 13.4. The molecule has 1 saturated heterocycles. The van der Waals surface area contributed by atoms with Crippen molar-refractivity contribution < 1.29 is 29.0 Å². The van der Waals surface area contributed by atoms with Crippen LogP contribution in [0.15, 0.2) is 76.6 Å². The minimum absolute atomic E-state index is 0.315. The van der Waals surface area contributed by atoms with E-state index >= 15 is 0 Å². The van der Waals surface area contributed by atoms with Gasteiger partial charge in [0.15, 0.2) is 6.61 Å². The van der Waals surface area contributed by atoms with Crippen LogP contribution in [0.1, 0.15) is 16.4 Å². The van der Waals surface area contributed by atoms with E-state index in [2.05, 4.69) is 10.3 Å². The first kappa shape index (κ1) is 25.8. The Kier molecular flexibility index (Phi) is 6.64. The molecule has 0 spiro atoms. The van der Waals surface area contributed by atoms with Crippen LogP contribution in [-0.2, 0) is 19.2 Å². The molecule has 6 rings (SSSR count). The first-order chi connectivity index (χ1) is 19.3. The Labute approximate surface area is 235 Å². The van der Waals surface area contributed by atoms with Crippen molar-refractivity contribution >= 4 is 63.2 Å². The summed E-state index contributed by atoms with van der Waals surface area (Å²) in [7, 11) is 0. The predicted molar refractivity (Wildman–Crippen MR) is 149 cm³/mol. The number of rotatable bonds is 7. The number of hydrogen-bond donors (Lipinski definition) is 3. The number of benzene rings is 3. The normalized spacial score (nSPS) is 19.8. The summed E-state index contributed by atoms with van der Waals surface area (Å²) in [5.74, 6) is -4.30. The molecule has 0 saturated carbocycles. The number of ether oxygens (including phenoxy) is 1. The summed E-state index contributed by atoms with van der Waals surface area (Å²) >= 11 is 1.99. The molecule has 3 N–H and O–H groups in total. The molecule has 2 aliphatic heterocycles. The zero-order valence-corrected chi connectivity index (χ0v) is 22.3. The van der Waals surface area contributed by atoms with Gasteiger partial charge in [-0.2, -0.15) is 0 Å². The Morgan fingerprint density at radius 1 is 0.975 bits per heavy atom. The number of carbonyl (C=O) groups excluding carboxylic acids is 3. The van der Waals surface area contributed by atoms with Gasteiger partial charge < -0.3 is 20.1 Å². The van der Waals surface area contributed by atoms with E-state index in [1.54, 1.807) is 30.3 Å². The standard InChI is InChI=1S/C28H21N3O7S2/c32-19(29-16-10-9-14-5-1-2-6-15(14)11-16)13-38-18-8-4-3-7-17(18)21-22-24(39-25-23(21)40-28(37)30-25)27(36)31(26(22)35)12-20(33)34/h1-11,21-22,24H,12-13H2,(H,29,32)(H,30,37)(H,33,34)/t21-,22?,24?/m1/s1. The average molecular weight is 576 g/mol. The zero-order chi connectivity index (χ0) is 28.0. The van der Waals surface area contributed by atoms with Gasteiger partial charge in [0.2, 0.25) is 11.8 Å². The zero-order valence-electron chi connectivity index (χ0n) is 20.7. The van der Waals surface area contributed by atoms with E-state index in [9.17, 15) is 29.1 Å². The number of thioether (sulfide) groups is 1. The number of hydrogen-bond acceptors (Lipinski definition) is 8. The van der Waals surface area contributed by atoms with Crippen LogP contribution >= 0.6 is 23.1 Å². The topological polar surface area (TPSA) is 146 Å². The number of imide groups is 1. The highest BCUT2D eigenvalue weighted by atomic mass is 32.2. The Bertz CT molecular complexity index is 1750. The van der Waals surface area contributed by atoms with Crippen molar-refractivity contribution in [3.05, 3.63) is 86.8 Å². The lowest BCUT2D eigenvalue weighted by atomic mass is 9.82. The van der Waals surface area contributed by atoms with Crippen molar-refractivity contribution in [1.82, 2.24) is 9.88 Å². The number of nitrogens with zero attached hydrogens (tertiary/aromatic N) is 1. The molecule has 2 aliphatic rings. The molecule has 0 aliphatic carbocycles. The van der Waals surface area contributed by atoms with Crippen LogP contribution < -0.4 is 14.9 Å². The fourth-order valence-corrected chi connectivity index (χ4v) is 7.70. The van der Waals surface area contributed by atoms with Gasteiger partial charge in [-0.05, 0) is 29.0 Å². The number of nitrogens with one attached hydrogen (secondary N) is 2. The molecule has 10 nitrogen and oxygen atoms in total. The van der Waals surface area contributed by atoms with Gasteiger partial charge in [0, 0.05) is 22.0 Å². The summed E-state index contributed by atoms with van der Waals surface area (Å²) in [6.07, 6.45) is 0. The van der Waals surface area contributed by atoms with Crippen molar-refractivity contribution in [2.24, 2.45) is 5.92 Å². The van der Waals surface area contributed by atoms with E-state index in [1.165, 1.54) is 0 Å². The molecule has 3 heterocycles. The van der Waals surface area contributed by atoms with Crippen LogP contribution in [0.3, 0.4) is 0 Å². The second kappa shape index (κ2) is 10.3. The van der Waals surface area contributed by atoms with Crippen molar-refractivity contribution in [3.8, 4) is 5.75 Å². The highest BCUT2D eigenvalue weighted by Gasteiger charge is 2.56. The molecule has 3 atom stereocenters. The lowest BCUT2D eigenvalue weighted by Crippen LogP contribution is -2.36. The van der Waals surface area contributed by atoms with E-state index in [0.717, 1.165) is 38.8 Å². The number of aromatic nitrogens is 1. The SMILES string of the molecule is O=C(O)CN1C(=O)C2Sc3[nH]c(=O)sc3[C@H](c3ccccc3OCC(=O)Nc3ccc4ccccc4c3)C2C1=O. The summed E-state index contributed by atoms with van der Waals surface area (Å²) in [6.45, 7) is -1.07. The lowest BCUT2D eigenvalue weighted by Gasteiger charge is -2.30. The summed E-state index contributed by atoms with van der Waals surface area (Å²) < 4.78 is 5.93. The van der Waals surface area contributed by atoms with E-state index in [4.69, 9.17) is 4.74 Å². The maximum absolute atomic E-state index is 13.4. The number of aromatic amines is 1. The van der Waals surface area contributed by atoms with Crippen LogP contribution in [0.4, 0.5) is 5.69 Å². The number of amides is 3. The fraction of sp³-hybridized carbons (Fsp3) is 0.179. The monoisotopic (exact) mass is 575 g/mol. The van der Waals surface area contributed by atoms with Gasteiger partial charge in [0.05, 0.1) is 10.9 Å². The maximum Gasteiger partial charge on any atom is 0.323 e. The molecule has 0 bridgehead atoms. The molecule has 2 unspecified atom stereocenters. The Morgan fingerprint density at radius 2 is 1.73 bits per heavy atom. The van der Waals surface area contributed by atoms with E-state index < -0.39 is 47.3 Å². The largest absolute Gasteiger partial charge is 0.483 e. The molecule has 40 heavy (non-hydrogen) atoms. The molecule has 202 valence electrons. The molecular weight excluding hydrogens is 554 g/mol. The number of H-pyrrole nitrogens is 1. The van der Waals surface area contributed by atoms with Crippen LogP contribution in [-0.4, -0.2) is 57.1 Å². The number of anilines is 1. The number of likely N-dealkylation sites (tertiary alicyclic amines) is 1. The van der Waals surface area contributed by atoms with Gasteiger partial charge in [-0.25, -0.2) is 0 Å². The third-order valence-corrected chi connectivity index (χ3v) is 9.26. The highest BCUT2D eigenvalue weighted by molar-refractivity contribution is 8.00. The van der Waals surface area contributed by atoms with Crippen LogP contribution in [0, 0.1) is 5.92 Å². The summed E-state index contributed by atoms with van der Waals surface area (Å²) in [5, 5.41) is 13.7. The van der Waals surface area contributed by atoms with Crippen molar-refractivity contribution in [3.63, 3.8) is 0 Å². The van der Waals surface area contributed by atoms with Gasteiger partial charge in [-0.15, -0.1) is 0 Å². The van der Waals surface area contributed by atoms with Gasteiger partial charge in [0.25, 0.3) is 5.91 Å². The molecule has 0 radical (unpaired) electrons. The first-order valence-electron chi connectivity index (χ1n) is 12.3. The third kappa shape index (κ3) is 4.65. The highest BCUT2D eigenvalue weighted by Crippen LogP contribution is 2.53. The molecule has 3 amide bonds. The van der Waals surface area contributed by atoms with Gasteiger partial charge >= 0.3 is 10.8 Å². The fourth-order valence-electron chi connectivity index (χ4n) is 5.18. The number of carboxylic acid groups (broad SMARTS) is 1. The van der Waals surface area contributed by atoms with E-state index in [0.29, 0.717) is 26.9 Å². The molecule has 4 aromatic rings.